The van der Waals surface area contributed by atoms with Crippen LogP contribution in [0, 0.1) is 18.8 Å². The molecule has 0 saturated carbocycles. The van der Waals surface area contributed by atoms with Gasteiger partial charge in [0.05, 0.1) is 32.3 Å². The lowest BCUT2D eigenvalue weighted by Crippen LogP contribution is -2.50. The van der Waals surface area contributed by atoms with E-state index in [2.05, 4.69) is 79.3 Å². The van der Waals surface area contributed by atoms with Crippen LogP contribution in [0.4, 0.5) is 0 Å². The number of amides is 3. The predicted octanol–water partition coefficient (Wildman–Crippen LogP) is 7.25. The van der Waals surface area contributed by atoms with Crippen molar-refractivity contribution in [3.05, 3.63) is 65.6 Å². The molecule has 2 aliphatic heterocycles. The van der Waals surface area contributed by atoms with E-state index in [9.17, 15) is 14.4 Å². The SMILES string of the molecule is C=C([C@H](CCC(C)C)NC(=O)CNC(=O)[C@H](CC(C)C)NC(=O)c1cc(CN2CCCCOCC2)on1)C1(C)CO1.CC.CCC.Cc1ccccc1. The first-order chi connectivity index (χ1) is 25.3. The molecule has 3 atom stereocenters. The summed E-state index contributed by atoms with van der Waals surface area (Å²) in [7, 11) is 0. The fraction of sp³-hybridized carbons (Fsp3) is 0.667. The lowest BCUT2D eigenvalue weighted by molar-refractivity contribution is -0.127. The highest BCUT2D eigenvalue weighted by Gasteiger charge is 2.45. The van der Waals surface area contributed by atoms with Crippen LogP contribution in [0.1, 0.15) is 123 Å². The highest BCUT2D eigenvalue weighted by Crippen LogP contribution is 2.36. The van der Waals surface area contributed by atoms with Crippen LogP contribution < -0.4 is 16.0 Å². The summed E-state index contributed by atoms with van der Waals surface area (Å²) >= 11 is 0. The molecule has 2 aliphatic rings. The molecule has 1 unspecified atom stereocenters. The zero-order valence-corrected chi connectivity index (χ0v) is 34.5. The van der Waals surface area contributed by atoms with Crippen LogP contribution in [-0.2, 0) is 25.6 Å². The lowest BCUT2D eigenvalue weighted by atomic mass is 9.91. The Morgan fingerprint density at radius 2 is 1.60 bits per heavy atom. The molecular weight excluding hydrogens is 670 g/mol. The van der Waals surface area contributed by atoms with E-state index < -0.39 is 23.5 Å². The van der Waals surface area contributed by atoms with Gasteiger partial charge in [0, 0.05) is 19.2 Å². The Hall–Kier alpha value is -3.54. The molecule has 0 spiro atoms. The molecule has 11 heteroatoms. The van der Waals surface area contributed by atoms with Crippen LogP contribution in [0.3, 0.4) is 0 Å². The number of carbonyl (C=O) groups excluding carboxylic acids is 3. The van der Waals surface area contributed by atoms with Gasteiger partial charge in [-0.2, -0.15) is 0 Å². The molecule has 4 rings (SSSR count). The first-order valence-corrected chi connectivity index (χ1v) is 19.8. The molecule has 0 bridgehead atoms. The maximum absolute atomic E-state index is 13.1. The Morgan fingerprint density at radius 3 is 2.17 bits per heavy atom. The van der Waals surface area contributed by atoms with Gasteiger partial charge in [0.1, 0.15) is 11.6 Å². The van der Waals surface area contributed by atoms with E-state index in [-0.39, 0.29) is 30.1 Å². The van der Waals surface area contributed by atoms with Gasteiger partial charge < -0.3 is 29.9 Å². The number of nitrogens with one attached hydrogen (secondary N) is 3. The number of benzene rings is 1. The summed E-state index contributed by atoms with van der Waals surface area (Å²) in [6, 6.07) is 10.8. The van der Waals surface area contributed by atoms with Crippen molar-refractivity contribution in [3.63, 3.8) is 0 Å². The standard InChI is InChI=1S/C30H49N5O6.C7H8.C3H8.C2H6/c1-20(2)9-10-24(22(5)30(6)19-40-30)32-27(36)17-31-28(37)25(15-21(3)4)33-29(38)26-16-23(41-34-26)18-35-11-7-8-13-39-14-12-35;1-7-5-3-2-4-6-7;1-3-2;1-2/h16,20-21,24-25H,5,7-15,17-19H2,1-4,6H3,(H,31,37)(H,32,36)(H,33,38);2-6H,1H3;3H2,1-2H3;1-2H3/t24-,25-,30?;;;/m0.../s1. The molecule has 0 aliphatic carbocycles. The minimum Gasteiger partial charge on any atom is -0.380 e. The lowest BCUT2D eigenvalue weighted by Gasteiger charge is -2.25. The van der Waals surface area contributed by atoms with E-state index in [1.54, 1.807) is 6.07 Å². The van der Waals surface area contributed by atoms with Gasteiger partial charge in [0.25, 0.3) is 5.91 Å². The number of hydrogen-bond acceptors (Lipinski definition) is 8. The van der Waals surface area contributed by atoms with Crippen molar-refractivity contribution in [3.8, 4) is 0 Å². The van der Waals surface area contributed by atoms with Crippen LogP contribution in [-0.4, -0.2) is 84.9 Å². The Morgan fingerprint density at radius 1 is 0.943 bits per heavy atom. The fourth-order valence-electron chi connectivity index (χ4n) is 5.32. The van der Waals surface area contributed by atoms with E-state index in [1.165, 1.54) is 12.0 Å². The second-order valence-electron chi connectivity index (χ2n) is 14.6. The number of rotatable bonds is 15. The number of nitrogens with zero attached hydrogens (tertiary/aromatic N) is 2. The van der Waals surface area contributed by atoms with Crippen molar-refractivity contribution in [1.29, 1.82) is 0 Å². The average Bonchev–Trinajstić information content (AvgIpc) is 3.69. The molecule has 1 aromatic heterocycles. The Labute approximate surface area is 320 Å². The Bertz CT molecular complexity index is 1320. The molecule has 53 heavy (non-hydrogen) atoms. The maximum atomic E-state index is 13.1. The first kappa shape index (κ1) is 47.5. The zero-order chi connectivity index (χ0) is 39.8. The topological polar surface area (TPSA) is 138 Å². The number of hydrogen-bond donors (Lipinski definition) is 3. The van der Waals surface area contributed by atoms with Gasteiger partial charge in [0.2, 0.25) is 11.8 Å². The van der Waals surface area contributed by atoms with Gasteiger partial charge in [-0.3, -0.25) is 19.3 Å². The minimum absolute atomic E-state index is 0.116. The monoisotopic (exact) mass is 742 g/mol. The summed E-state index contributed by atoms with van der Waals surface area (Å²) in [5.74, 6) is -0.0561. The molecule has 300 valence electrons. The summed E-state index contributed by atoms with van der Waals surface area (Å²) < 4.78 is 16.5. The molecule has 0 radical (unpaired) electrons. The number of epoxide rings is 1. The second-order valence-corrected chi connectivity index (χ2v) is 14.6. The van der Waals surface area contributed by atoms with Gasteiger partial charge in [-0.05, 0) is 69.9 Å². The molecule has 11 nitrogen and oxygen atoms in total. The summed E-state index contributed by atoms with van der Waals surface area (Å²) in [6.45, 7) is 28.7. The van der Waals surface area contributed by atoms with Crippen molar-refractivity contribution < 1.29 is 28.4 Å². The van der Waals surface area contributed by atoms with Crippen LogP contribution in [0.15, 0.2) is 53.1 Å². The quantitative estimate of drug-likeness (QED) is 0.128. The summed E-state index contributed by atoms with van der Waals surface area (Å²) in [6.07, 6.45) is 5.37. The van der Waals surface area contributed by atoms with Gasteiger partial charge in [-0.15, -0.1) is 0 Å². The number of aromatic nitrogens is 1. The third-order valence-electron chi connectivity index (χ3n) is 8.47. The van der Waals surface area contributed by atoms with E-state index in [4.69, 9.17) is 14.0 Å². The van der Waals surface area contributed by atoms with Crippen LogP contribution in [0.2, 0.25) is 0 Å². The smallest absolute Gasteiger partial charge is 0.274 e. The van der Waals surface area contributed by atoms with Gasteiger partial charge in [-0.1, -0.05) is 109 Å². The van der Waals surface area contributed by atoms with E-state index in [1.807, 2.05) is 52.8 Å². The molecule has 2 fully saturated rings. The van der Waals surface area contributed by atoms with Crippen molar-refractivity contribution in [1.82, 2.24) is 26.0 Å². The zero-order valence-electron chi connectivity index (χ0n) is 34.5. The van der Waals surface area contributed by atoms with Crippen LogP contribution in [0.25, 0.3) is 0 Å². The molecule has 1 aromatic carbocycles. The van der Waals surface area contributed by atoms with Crippen LogP contribution in [0.5, 0.6) is 0 Å². The summed E-state index contributed by atoms with van der Waals surface area (Å²) in [5.41, 5.74) is 1.87. The first-order valence-electron chi connectivity index (χ1n) is 19.8. The largest absolute Gasteiger partial charge is 0.380 e. The normalized spacial score (nSPS) is 17.9. The Kier molecular flexibility index (Phi) is 23.5. The molecular formula is C42H71N5O6. The molecule has 2 saturated heterocycles. The maximum Gasteiger partial charge on any atom is 0.274 e. The van der Waals surface area contributed by atoms with Gasteiger partial charge >= 0.3 is 0 Å². The third-order valence-corrected chi connectivity index (χ3v) is 8.47. The van der Waals surface area contributed by atoms with Crippen LogP contribution >= 0.6 is 0 Å². The third kappa shape index (κ3) is 19.9. The van der Waals surface area contributed by atoms with E-state index >= 15 is 0 Å². The average molecular weight is 742 g/mol. The number of carbonyl (C=O) groups is 3. The second kappa shape index (κ2) is 26.3. The molecule has 3 heterocycles. The molecule has 2 aromatic rings. The van der Waals surface area contributed by atoms with Gasteiger partial charge in [-0.25, -0.2) is 0 Å². The number of ether oxygens (including phenoxy) is 2. The van der Waals surface area contributed by atoms with Gasteiger partial charge in [0.15, 0.2) is 11.5 Å². The van der Waals surface area contributed by atoms with Crippen molar-refractivity contribution >= 4 is 17.7 Å². The minimum atomic E-state index is -0.826. The summed E-state index contributed by atoms with van der Waals surface area (Å²) in [5, 5.41) is 12.4. The summed E-state index contributed by atoms with van der Waals surface area (Å²) in [4.78, 5) is 41.1. The number of aryl methyl sites for hydroxylation is 1. The highest BCUT2D eigenvalue weighted by molar-refractivity contribution is 5.96. The molecule has 3 amide bonds. The van der Waals surface area contributed by atoms with Crippen molar-refractivity contribution in [2.24, 2.45) is 11.8 Å². The fourth-order valence-corrected chi connectivity index (χ4v) is 5.32. The predicted molar refractivity (Wildman–Crippen MR) is 214 cm³/mol. The molecule has 3 N–H and O–H groups in total. The van der Waals surface area contributed by atoms with E-state index in [0.717, 1.165) is 51.0 Å². The Balaban J connectivity index is 0.00000101. The highest BCUT2D eigenvalue weighted by atomic mass is 16.6. The van der Waals surface area contributed by atoms with Crippen molar-refractivity contribution in [2.45, 2.75) is 132 Å². The van der Waals surface area contributed by atoms with Crippen molar-refractivity contribution in [2.75, 3.05) is 39.5 Å². The van der Waals surface area contributed by atoms with E-state index in [0.29, 0.717) is 37.9 Å².